The number of rotatable bonds is 10. The van der Waals surface area contributed by atoms with Gasteiger partial charge in [-0.25, -0.2) is 30.4 Å². The average molecular weight is 723 g/mol. The van der Waals surface area contributed by atoms with Crippen LogP contribution in [0.25, 0.3) is 0 Å². The Labute approximate surface area is 285 Å². The van der Waals surface area contributed by atoms with Crippen LogP contribution < -0.4 is 4.90 Å². The van der Waals surface area contributed by atoms with E-state index in [1.54, 1.807) is 0 Å². The third kappa shape index (κ3) is 7.68. The molecule has 4 aromatic carbocycles. The van der Waals surface area contributed by atoms with E-state index in [-0.39, 0.29) is 28.2 Å². The summed E-state index contributed by atoms with van der Waals surface area (Å²) < 4.78 is 100. The van der Waals surface area contributed by atoms with Crippen LogP contribution in [0, 0.1) is 29.1 Å². The Kier molecular flexibility index (Phi) is 10.0. The van der Waals surface area contributed by atoms with Crippen molar-refractivity contribution in [1.82, 2.24) is 4.31 Å². The second-order valence-corrected chi connectivity index (χ2v) is 15.3. The summed E-state index contributed by atoms with van der Waals surface area (Å²) in [6.07, 6.45) is 1.97. The molecule has 0 heterocycles. The van der Waals surface area contributed by atoms with Crippen LogP contribution in [0.1, 0.15) is 61.8 Å². The van der Waals surface area contributed by atoms with Crippen LogP contribution in [0.3, 0.4) is 0 Å². The third-order valence-corrected chi connectivity index (χ3v) is 10.3. The van der Waals surface area contributed by atoms with Crippen molar-refractivity contribution in [2.24, 2.45) is 0 Å². The maximum Gasteiger partial charge on any atom is 0.249 e. The van der Waals surface area contributed by atoms with Gasteiger partial charge in [-0.3, -0.25) is 4.79 Å². The quantitative estimate of drug-likeness (QED) is 0.0748. The number of nitrogens with zero attached hydrogens (tertiary/aromatic N) is 2. The van der Waals surface area contributed by atoms with E-state index in [0.29, 0.717) is 15.8 Å². The minimum atomic E-state index is -5.60. The molecule has 0 unspecified atom stereocenters. The van der Waals surface area contributed by atoms with Crippen molar-refractivity contribution in [3.8, 4) is 11.5 Å². The number of aromatic hydroxyl groups is 2. The highest BCUT2D eigenvalue weighted by atomic mass is 35.5. The normalized spacial score (nSPS) is 13.6. The SMILES string of the molecule is CC(C)(C)c1cc(CN(C(=O)CN(Cc2ccc(Cl)cc2)S(=O)(=O)c2c(F)c(F)c(F)c(F)c2F)c2ccc(O)c(O)c2)cc(C2CC2)c1. The van der Waals surface area contributed by atoms with Gasteiger partial charge in [-0.1, -0.05) is 62.7 Å². The second-order valence-electron chi connectivity index (χ2n) is 12.9. The lowest BCUT2D eigenvalue weighted by Gasteiger charge is -2.29. The lowest BCUT2D eigenvalue weighted by molar-refractivity contribution is -0.119. The fourth-order valence-electron chi connectivity index (χ4n) is 5.28. The summed E-state index contributed by atoms with van der Waals surface area (Å²) in [4.78, 5) is 13.2. The van der Waals surface area contributed by atoms with Gasteiger partial charge in [0.15, 0.2) is 39.7 Å². The Hall–Kier alpha value is -4.20. The zero-order valence-corrected chi connectivity index (χ0v) is 28.1. The molecule has 1 fully saturated rings. The number of carbonyl (C=O) groups is 1. The van der Waals surface area contributed by atoms with Crippen LogP contribution >= 0.6 is 11.6 Å². The van der Waals surface area contributed by atoms with Gasteiger partial charge in [0.2, 0.25) is 21.7 Å². The Bertz CT molecular complexity index is 2000. The summed E-state index contributed by atoms with van der Waals surface area (Å²) in [5.74, 6) is -14.4. The lowest BCUT2D eigenvalue weighted by Crippen LogP contribution is -2.43. The van der Waals surface area contributed by atoms with Gasteiger partial charge in [0, 0.05) is 23.3 Å². The van der Waals surface area contributed by atoms with Crippen molar-refractivity contribution < 1.29 is 45.4 Å². The van der Waals surface area contributed by atoms with E-state index < -0.39 is 74.5 Å². The molecule has 1 amide bonds. The minimum absolute atomic E-state index is 0.0227. The van der Waals surface area contributed by atoms with Crippen molar-refractivity contribution in [3.63, 3.8) is 0 Å². The molecule has 0 aliphatic heterocycles. The molecule has 0 spiro atoms. The summed E-state index contributed by atoms with van der Waals surface area (Å²) >= 11 is 5.94. The third-order valence-electron chi connectivity index (χ3n) is 8.19. The van der Waals surface area contributed by atoms with Crippen molar-refractivity contribution in [2.75, 3.05) is 11.4 Å². The second kappa shape index (κ2) is 13.6. The van der Waals surface area contributed by atoms with Crippen molar-refractivity contribution >= 4 is 33.2 Å². The first-order valence-corrected chi connectivity index (χ1v) is 16.9. The smallest absolute Gasteiger partial charge is 0.249 e. The van der Waals surface area contributed by atoms with Crippen LogP contribution in [-0.2, 0) is 33.3 Å². The van der Waals surface area contributed by atoms with E-state index in [2.05, 4.69) is 6.07 Å². The molecular weight excluding hydrogens is 691 g/mol. The molecule has 0 bridgehead atoms. The van der Waals surface area contributed by atoms with Crippen LogP contribution in [0.4, 0.5) is 27.6 Å². The van der Waals surface area contributed by atoms with Crippen LogP contribution in [0.15, 0.2) is 65.6 Å². The molecule has 260 valence electrons. The minimum Gasteiger partial charge on any atom is -0.504 e. The maximum atomic E-state index is 14.9. The van der Waals surface area contributed by atoms with Crippen molar-refractivity contribution in [1.29, 1.82) is 0 Å². The predicted octanol–water partition coefficient (Wildman–Crippen LogP) is 8.05. The fourth-order valence-corrected chi connectivity index (χ4v) is 6.89. The first kappa shape index (κ1) is 36.1. The fraction of sp³-hybridized carbons (Fsp3) is 0.286. The van der Waals surface area contributed by atoms with Crippen LogP contribution in [0.2, 0.25) is 5.02 Å². The topological polar surface area (TPSA) is 98.2 Å². The number of benzene rings is 4. The number of halogens is 6. The van der Waals surface area contributed by atoms with Gasteiger partial charge in [-0.15, -0.1) is 0 Å². The highest BCUT2D eigenvalue weighted by molar-refractivity contribution is 7.89. The summed E-state index contributed by atoms with van der Waals surface area (Å²) in [5, 5.41) is 20.5. The predicted molar refractivity (Wildman–Crippen MR) is 173 cm³/mol. The Morgan fingerprint density at radius 2 is 1.39 bits per heavy atom. The zero-order chi connectivity index (χ0) is 36.0. The molecular formula is C35H32ClF5N2O5S. The van der Waals surface area contributed by atoms with Gasteiger partial charge in [0.05, 0.1) is 13.1 Å². The van der Waals surface area contributed by atoms with E-state index in [9.17, 15) is 45.4 Å². The Balaban J connectivity index is 1.61. The van der Waals surface area contributed by atoms with Crippen molar-refractivity contribution in [3.05, 3.63) is 117 Å². The van der Waals surface area contributed by atoms with E-state index in [0.717, 1.165) is 41.0 Å². The van der Waals surface area contributed by atoms with E-state index in [1.807, 2.05) is 32.9 Å². The standard InChI is InChI=1S/C35H32ClF5N2O5S/c1-35(2,3)23-13-20(12-22(14-23)21-6-7-21)17-43(25-10-11-26(44)27(45)15-25)28(46)18-42(16-19-4-8-24(36)9-5-19)49(47,48)34-32(40)30(38)29(37)31(39)33(34)41/h4-5,8-15,21,44-45H,6-7,16-18H2,1-3H3. The van der Waals surface area contributed by atoms with E-state index in [1.165, 1.54) is 30.3 Å². The highest BCUT2D eigenvalue weighted by Gasteiger charge is 2.39. The number of phenols is 2. The number of hydrogen-bond acceptors (Lipinski definition) is 5. The van der Waals surface area contributed by atoms with E-state index >= 15 is 0 Å². The number of sulfonamides is 1. The van der Waals surface area contributed by atoms with E-state index in [4.69, 9.17) is 11.6 Å². The van der Waals surface area contributed by atoms with Crippen molar-refractivity contribution in [2.45, 2.75) is 62.9 Å². The van der Waals surface area contributed by atoms with Gasteiger partial charge in [0.1, 0.15) is 0 Å². The first-order chi connectivity index (χ1) is 22.9. The monoisotopic (exact) mass is 722 g/mol. The Morgan fingerprint density at radius 3 is 1.94 bits per heavy atom. The van der Waals surface area contributed by atoms with Gasteiger partial charge < -0.3 is 15.1 Å². The number of anilines is 1. The molecule has 2 N–H and O–H groups in total. The molecule has 49 heavy (non-hydrogen) atoms. The molecule has 1 aliphatic rings. The molecule has 1 aliphatic carbocycles. The lowest BCUT2D eigenvalue weighted by atomic mass is 9.84. The number of phenolic OH excluding ortho intramolecular Hbond substituents is 2. The number of amides is 1. The molecule has 5 rings (SSSR count). The highest BCUT2D eigenvalue weighted by Crippen LogP contribution is 2.42. The first-order valence-electron chi connectivity index (χ1n) is 15.1. The molecule has 0 atom stereocenters. The largest absolute Gasteiger partial charge is 0.504 e. The average Bonchev–Trinajstić information content (AvgIpc) is 3.89. The van der Waals surface area contributed by atoms with Crippen LogP contribution in [0.5, 0.6) is 11.5 Å². The Morgan fingerprint density at radius 1 is 0.796 bits per heavy atom. The number of hydrogen-bond donors (Lipinski definition) is 2. The molecule has 7 nitrogen and oxygen atoms in total. The van der Waals surface area contributed by atoms with Gasteiger partial charge in [-0.05, 0) is 70.7 Å². The summed E-state index contributed by atoms with van der Waals surface area (Å²) in [6.45, 7) is 4.00. The summed E-state index contributed by atoms with van der Waals surface area (Å²) in [5.41, 5.74) is 2.55. The van der Waals surface area contributed by atoms with Gasteiger partial charge in [0.25, 0.3) is 0 Å². The molecule has 14 heteroatoms. The molecule has 0 radical (unpaired) electrons. The summed E-state index contributed by atoms with van der Waals surface area (Å²) in [7, 11) is -5.60. The van der Waals surface area contributed by atoms with Gasteiger partial charge in [-0.2, -0.15) is 4.31 Å². The van der Waals surface area contributed by atoms with Crippen LogP contribution in [-0.4, -0.2) is 35.4 Å². The molecule has 4 aromatic rings. The summed E-state index contributed by atoms with van der Waals surface area (Å²) in [6, 6.07) is 14.8. The number of carbonyl (C=O) groups excluding carboxylic acids is 1. The molecule has 0 aromatic heterocycles. The zero-order valence-electron chi connectivity index (χ0n) is 26.6. The maximum absolute atomic E-state index is 14.9. The molecule has 0 saturated heterocycles. The molecule has 1 saturated carbocycles. The van der Waals surface area contributed by atoms with Gasteiger partial charge >= 0.3 is 0 Å².